The molecule has 0 aromatic heterocycles. The van der Waals surface area contributed by atoms with Gasteiger partial charge in [0.25, 0.3) is 0 Å². The summed E-state index contributed by atoms with van der Waals surface area (Å²) < 4.78 is 17.4. The van der Waals surface area contributed by atoms with Crippen LogP contribution in [0.15, 0.2) is 30.3 Å². The fourth-order valence-electron chi connectivity index (χ4n) is 1.38. The van der Waals surface area contributed by atoms with E-state index >= 15 is 0 Å². The Kier molecular flexibility index (Phi) is 5.07. The number of hydrogen-bond donors (Lipinski definition) is 0. The molecule has 0 heterocycles. The van der Waals surface area contributed by atoms with E-state index in [4.69, 9.17) is 4.52 Å². The molecule has 1 aromatic rings. The predicted octanol–water partition coefficient (Wildman–Crippen LogP) is 3.56. The molecular weight excluding hydrogens is 207 g/mol. The first-order chi connectivity index (χ1) is 7.20. The Morgan fingerprint density at radius 2 is 1.73 bits per heavy atom. The quantitative estimate of drug-likeness (QED) is 0.693. The number of benzene rings is 1. The zero-order valence-electron chi connectivity index (χ0n) is 9.48. The van der Waals surface area contributed by atoms with Gasteiger partial charge in [-0.2, -0.15) is 0 Å². The third-order valence-corrected chi connectivity index (χ3v) is 5.10. The second-order valence-electron chi connectivity index (χ2n) is 3.52. The van der Waals surface area contributed by atoms with Crippen molar-refractivity contribution in [1.29, 1.82) is 0 Å². The molecular formula is C12H19O2P. The Labute approximate surface area is 92.1 Å². The van der Waals surface area contributed by atoms with Gasteiger partial charge >= 0.3 is 0 Å². The third-order valence-electron chi connectivity index (χ3n) is 2.52. The molecule has 1 rings (SSSR count). The SMILES string of the molecule is CCP(=O)(CC)OCCc1ccccc1. The van der Waals surface area contributed by atoms with Gasteiger partial charge in [0.05, 0.1) is 6.61 Å². The number of rotatable bonds is 6. The Balaban J connectivity index is 2.36. The van der Waals surface area contributed by atoms with Gasteiger partial charge in [0.1, 0.15) is 0 Å². The molecule has 3 heteroatoms. The molecule has 0 fully saturated rings. The van der Waals surface area contributed by atoms with Crippen LogP contribution < -0.4 is 0 Å². The van der Waals surface area contributed by atoms with Gasteiger partial charge in [-0.05, 0) is 12.0 Å². The van der Waals surface area contributed by atoms with E-state index in [1.54, 1.807) is 0 Å². The molecule has 0 bridgehead atoms. The molecule has 0 aliphatic carbocycles. The summed E-state index contributed by atoms with van der Waals surface area (Å²) in [6.45, 7) is 4.41. The van der Waals surface area contributed by atoms with Crippen LogP contribution in [0.3, 0.4) is 0 Å². The van der Waals surface area contributed by atoms with Crippen molar-refractivity contribution in [3.63, 3.8) is 0 Å². The molecule has 1 aromatic carbocycles. The van der Waals surface area contributed by atoms with Gasteiger partial charge in [0, 0.05) is 12.3 Å². The van der Waals surface area contributed by atoms with Crippen LogP contribution in [0.5, 0.6) is 0 Å². The normalized spacial score (nSPS) is 11.6. The average molecular weight is 226 g/mol. The molecule has 0 spiro atoms. The van der Waals surface area contributed by atoms with E-state index in [9.17, 15) is 4.57 Å². The first-order valence-electron chi connectivity index (χ1n) is 5.46. The lowest BCUT2D eigenvalue weighted by Gasteiger charge is -2.14. The van der Waals surface area contributed by atoms with Crippen molar-refractivity contribution in [2.75, 3.05) is 18.9 Å². The van der Waals surface area contributed by atoms with Gasteiger partial charge in [0.2, 0.25) is 7.37 Å². The van der Waals surface area contributed by atoms with E-state index in [2.05, 4.69) is 12.1 Å². The Hall–Kier alpha value is -0.590. The zero-order chi connectivity index (χ0) is 11.1. The third kappa shape index (κ3) is 4.19. The molecule has 0 N–H and O–H groups in total. The summed E-state index contributed by atoms with van der Waals surface area (Å²) in [4.78, 5) is 0. The van der Waals surface area contributed by atoms with Crippen LogP contribution in [0.2, 0.25) is 0 Å². The maximum atomic E-state index is 11.9. The fraction of sp³-hybridized carbons (Fsp3) is 0.500. The number of hydrogen-bond acceptors (Lipinski definition) is 2. The van der Waals surface area contributed by atoms with E-state index in [0.717, 1.165) is 6.42 Å². The molecule has 0 amide bonds. The monoisotopic (exact) mass is 226 g/mol. The highest BCUT2D eigenvalue weighted by molar-refractivity contribution is 7.58. The largest absolute Gasteiger partial charge is 0.328 e. The lowest BCUT2D eigenvalue weighted by molar-refractivity contribution is 0.318. The van der Waals surface area contributed by atoms with Crippen molar-refractivity contribution in [3.8, 4) is 0 Å². The van der Waals surface area contributed by atoms with Gasteiger partial charge in [-0.25, -0.2) is 0 Å². The first-order valence-corrected chi connectivity index (χ1v) is 7.46. The topological polar surface area (TPSA) is 26.3 Å². The van der Waals surface area contributed by atoms with Crippen LogP contribution in [-0.4, -0.2) is 18.9 Å². The second kappa shape index (κ2) is 6.09. The molecule has 0 unspecified atom stereocenters. The van der Waals surface area contributed by atoms with Gasteiger partial charge in [-0.3, -0.25) is 4.57 Å². The minimum Gasteiger partial charge on any atom is -0.328 e. The summed E-state index contributed by atoms with van der Waals surface area (Å²) >= 11 is 0. The summed E-state index contributed by atoms with van der Waals surface area (Å²) in [7, 11) is -2.32. The van der Waals surface area contributed by atoms with E-state index in [-0.39, 0.29) is 0 Å². The van der Waals surface area contributed by atoms with Gasteiger partial charge < -0.3 is 4.52 Å². The lowest BCUT2D eigenvalue weighted by atomic mass is 10.2. The maximum Gasteiger partial charge on any atom is 0.202 e. The predicted molar refractivity (Wildman–Crippen MR) is 64.8 cm³/mol. The first kappa shape index (κ1) is 12.5. The van der Waals surface area contributed by atoms with Crippen LogP contribution in [0.4, 0.5) is 0 Å². The Bertz CT molecular complexity index is 314. The molecule has 15 heavy (non-hydrogen) atoms. The highest BCUT2D eigenvalue weighted by Gasteiger charge is 2.16. The molecule has 0 atom stereocenters. The van der Waals surface area contributed by atoms with Gasteiger partial charge in [-0.1, -0.05) is 44.2 Å². The molecule has 0 saturated carbocycles. The van der Waals surface area contributed by atoms with E-state index in [1.807, 2.05) is 32.0 Å². The zero-order valence-corrected chi connectivity index (χ0v) is 10.4. The van der Waals surface area contributed by atoms with E-state index in [0.29, 0.717) is 18.9 Å². The van der Waals surface area contributed by atoms with Gasteiger partial charge in [0.15, 0.2) is 0 Å². The molecule has 0 aliphatic heterocycles. The summed E-state index contributed by atoms with van der Waals surface area (Å²) in [5, 5.41) is 0. The highest BCUT2D eigenvalue weighted by Crippen LogP contribution is 2.45. The van der Waals surface area contributed by atoms with E-state index < -0.39 is 7.37 Å². The van der Waals surface area contributed by atoms with Crippen molar-refractivity contribution in [2.24, 2.45) is 0 Å². The van der Waals surface area contributed by atoms with Crippen molar-refractivity contribution < 1.29 is 9.09 Å². The summed E-state index contributed by atoms with van der Waals surface area (Å²) in [6, 6.07) is 10.1. The fourth-order valence-corrected chi connectivity index (χ4v) is 2.62. The second-order valence-corrected chi connectivity index (χ2v) is 6.67. The van der Waals surface area contributed by atoms with Crippen LogP contribution in [-0.2, 0) is 15.5 Å². The lowest BCUT2D eigenvalue weighted by Crippen LogP contribution is -2.00. The minimum atomic E-state index is -2.32. The van der Waals surface area contributed by atoms with Gasteiger partial charge in [-0.15, -0.1) is 0 Å². The standard InChI is InChI=1S/C12H19O2P/c1-3-15(13,4-2)14-11-10-12-8-6-5-7-9-12/h5-9H,3-4,10-11H2,1-2H3. The molecule has 0 radical (unpaired) electrons. The van der Waals surface area contributed by atoms with Crippen LogP contribution in [0.1, 0.15) is 19.4 Å². The Morgan fingerprint density at radius 3 is 2.27 bits per heavy atom. The van der Waals surface area contributed by atoms with Crippen LogP contribution in [0.25, 0.3) is 0 Å². The highest BCUT2D eigenvalue weighted by atomic mass is 31.2. The van der Waals surface area contributed by atoms with Crippen molar-refractivity contribution in [3.05, 3.63) is 35.9 Å². The Morgan fingerprint density at radius 1 is 1.13 bits per heavy atom. The van der Waals surface area contributed by atoms with Crippen molar-refractivity contribution in [2.45, 2.75) is 20.3 Å². The van der Waals surface area contributed by atoms with Crippen molar-refractivity contribution >= 4 is 7.37 Å². The summed E-state index contributed by atoms with van der Waals surface area (Å²) in [5.41, 5.74) is 1.23. The summed E-state index contributed by atoms with van der Waals surface area (Å²) in [5.74, 6) is 0. The maximum absolute atomic E-state index is 11.9. The van der Waals surface area contributed by atoms with Crippen LogP contribution >= 0.6 is 7.37 Å². The average Bonchev–Trinajstić information content (AvgIpc) is 2.30. The minimum absolute atomic E-state index is 0.559. The molecule has 0 saturated heterocycles. The van der Waals surface area contributed by atoms with Crippen LogP contribution in [0, 0.1) is 0 Å². The smallest absolute Gasteiger partial charge is 0.202 e. The summed E-state index contributed by atoms with van der Waals surface area (Å²) in [6.07, 6.45) is 2.11. The molecule has 84 valence electrons. The molecule has 0 aliphatic rings. The van der Waals surface area contributed by atoms with Crippen molar-refractivity contribution in [1.82, 2.24) is 0 Å². The molecule has 2 nitrogen and oxygen atoms in total. The van der Waals surface area contributed by atoms with E-state index in [1.165, 1.54) is 5.56 Å².